The molecule has 0 radical (unpaired) electrons. The van der Waals surface area contributed by atoms with Crippen molar-refractivity contribution in [2.24, 2.45) is 0 Å². The summed E-state index contributed by atoms with van der Waals surface area (Å²) in [5.41, 5.74) is 5.14. The standard InChI is InChI=1S/C33H24N4O2/c1-21-16-17-34-31(18-21)39-24-10-7-9-23(19-24)38-25-14-15-27-28-12-5-6-13-30(28)37-32(26-11-4-3-8-22(26)2)35-36-33(37)29(27)20-25/h3-20H,1-2H3. The molecule has 4 aromatic carbocycles. The minimum absolute atomic E-state index is 0.545. The van der Waals surface area contributed by atoms with Gasteiger partial charge in [-0.05, 0) is 72.8 Å². The summed E-state index contributed by atoms with van der Waals surface area (Å²) in [6, 6.07) is 34.1. The number of aryl methyl sites for hydroxylation is 2. The zero-order valence-corrected chi connectivity index (χ0v) is 21.5. The van der Waals surface area contributed by atoms with E-state index in [9.17, 15) is 0 Å². The SMILES string of the molecule is Cc1ccnc(Oc2cccc(Oc3ccc4c5ccccc5n5c(-c6ccccc6C)nnc5c4c3)c2)c1. The van der Waals surface area contributed by atoms with E-state index in [-0.39, 0.29) is 0 Å². The number of para-hydroxylation sites is 1. The molecule has 0 saturated carbocycles. The van der Waals surface area contributed by atoms with E-state index in [1.807, 2.05) is 73.7 Å². The number of ether oxygens (including phenoxy) is 2. The topological polar surface area (TPSA) is 61.5 Å². The van der Waals surface area contributed by atoms with Crippen molar-refractivity contribution in [2.75, 3.05) is 0 Å². The lowest BCUT2D eigenvalue weighted by atomic mass is 10.0. The molecule has 0 saturated heterocycles. The van der Waals surface area contributed by atoms with Crippen LogP contribution in [0.2, 0.25) is 0 Å². The Labute approximate surface area is 225 Å². The first kappa shape index (κ1) is 22.9. The van der Waals surface area contributed by atoms with Crippen LogP contribution >= 0.6 is 0 Å². The first-order valence-electron chi connectivity index (χ1n) is 12.8. The fourth-order valence-electron chi connectivity index (χ4n) is 5.01. The van der Waals surface area contributed by atoms with Gasteiger partial charge in [0.25, 0.3) is 0 Å². The number of pyridine rings is 2. The van der Waals surface area contributed by atoms with Crippen molar-refractivity contribution in [3.63, 3.8) is 0 Å². The van der Waals surface area contributed by atoms with Crippen molar-refractivity contribution in [3.8, 4) is 34.5 Å². The second kappa shape index (κ2) is 9.26. The average molecular weight is 509 g/mol. The predicted molar refractivity (Wildman–Crippen MR) is 154 cm³/mol. The summed E-state index contributed by atoms with van der Waals surface area (Å²) in [7, 11) is 0. The van der Waals surface area contributed by atoms with Crippen LogP contribution < -0.4 is 9.47 Å². The normalized spacial score (nSPS) is 11.3. The molecule has 0 aliphatic rings. The lowest BCUT2D eigenvalue weighted by Crippen LogP contribution is -1.96. The molecule has 7 aromatic rings. The van der Waals surface area contributed by atoms with Gasteiger partial charge in [-0.2, -0.15) is 0 Å². The molecule has 3 aromatic heterocycles. The Bertz CT molecular complexity index is 2010. The van der Waals surface area contributed by atoms with Gasteiger partial charge in [0.1, 0.15) is 17.2 Å². The number of hydrogen-bond acceptors (Lipinski definition) is 5. The first-order chi connectivity index (χ1) is 19.1. The van der Waals surface area contributed by atoms with E-state index in [0.29, 0.717) is 23.1 Å². The summed E-state index contributed by atoms with van der Waals surface area (Å²) in [5.74, 6) is 3.38. The maximum Gasteiger partial charge on any atom is 0.219 e. The van der Waals surface area contributed by atoms with Crippen LogP contribution in [0.25, 0.3) is 38.7 Å². The van der Waals surface area contributed by atoms with Gasteiger partial charge in [-0.25, -0.2) is 4.98 Å². The number of aromatic nitrogens is 4. The highest BCUT2D eigenvalue weighted by Crippen LogP contribution is 2.36. The van der Waals surface area contributed by atoms with Crippen molar-refractivity contribution < 1.29 is 9.47 Å². The number of hydrogen-bond donors (Lipinski definition) is 0. The first-order valence-corrected chi connectivity index (χ1v) is 12.8. The van der Waals surface area contributed by atoms with Gasteiger partial charge in [0, 0.05) is 34.7 Å². The van der Waals surface area contributed by atoms with Crippen LogP contribution in [0.1, 0.15) is 11.1 Å². The van der Waals surface area contributed by atoms with Crippen molar-refractivity contribution in [3.05, 3.63) is 120 Å². The molecule has 39 heavy (non-hydrogen) atoms. The predicted octanol–water partition coefficient (Wildman–Crippen LogP) is 8.30. The van der Waals surface area contributed by atoms with E-state index in [1.54, 1.807) is 6.20 Å². The second-order valence-corrected chi connectivity index (χ2v) is 9.57. The monoisotopic (exact) mass is 508 g/mol. The molecular formula is C33H24N4O2. The number of benzene rings is 4. The molecule has 0 N–H and O–H groups in total. The molecule has 0 unspecified atom stereocenters. The van der Waals surface area contributed by atoms with E-state index in [4.69, 9.17) is 9.47 Å². The lowest BCUT2D eigenvalue weighted by Gasteiger charge is -2.12. The minimum atomic E-state index is 0.545. The summed E-state index contributed by atoms with van der Waals surface area (Å²) in [5, 5.41) is 12.5. The summed E-state index contributed by atoms with van der Waals surface area (Å²) in [6.45, 7) is 4.10. The summed E-state index contributed by atoms with van der Waals surface area (Å²) >= 11 is 0. The van der Waals surface area contributed by atoms with Crippen LogP contribution in [0.5, 0.6) is 23.1 Å². The smallest absolute Gasteiger partial charge is 0.219 e. The summed E-state index contributed by atoms with van der Waals surface area (Å²) in [6.07, 6.45) is 1.74. The fraction of sp³-hybridized carbons (Fsp3) is 0.0606. The van der Waals surface area contributed by atoms with Gasteiger partial charge in [-0.1, -0.05) is 48.5 Å². The van der Waals surface area contributed by atoms with E-state index < -0.39 is 0 Å². The molecular weight excluding hydrogens is 484 g/mol. The molecule has 0 spiro atoms. The van der Waals surface area contributed by atoms with E-state index in [0.717, 1.165) is 49.8 Å². The molecule has 6 heteroatoms. The highest BCUT2D eigenvalue weighted by atomic mass is 16.5. The number of nitrogens with zero attached hydrogens (tertiary/aromatic N) is 4. The molecule has 0 fully saturated rings. The third-order valence-electron chi connectivity index (χ3n) is 6.87. The second-order valence-electron chi connectivity index (χ2n) is 9.57. The molecule has 0 aliphatic carbocycles. The largest absolute Gasteiger partial charge is 0.457 e. The number of rotatable bonds is 5. The zero-order chi connectivity index (χ0) is 26.3. The van der Waals surface area contributed by atoms with Crippen LogP contribution in [0, 0.1) is 13.8 Å². The van der Waals surface area contributed by atoms with Crippen LogP contribution in [0.15, 0.2) is 109 Å². The van der Waals surface area contributed by atoms with Crippen molar-refractivity contribution in [2.45, 2.75) is 13.8 Å². The van der Waals surface area contributed by atoms with Crippen LogP contribution in [-0.4, -0.2) is 19.6 Å². The fourth-order valence-corrected chi connectivity index (χ4v) is 5.01. The molecule has 0 atom stereocenters. The van der Waals surface area contributed by atoms with Gasteiger partial charge in [-0.15, -0.1) is 10.2 Å². The lowest BCUT2D eigenvalue weighted by molar-refractivity contribution is 0.449. The van der Waals surface area contributed by atoms with Gasteiger partial charge in [0.05, 0.1) is 5.52 Å². The number of fused-ring (bicyclic) bond motifs is 6. The molecule has 0 aliphatic heterocycles. The Morgan fingerprint density at radius 2 is 1.41 bits per heavy atom. The van der Waals surface area contributed by atoms with Gasteiger partial charge in [-0.3, -0.25) is 4.40 Å². The van der Waals surface area contributed by atoms with Crippen molar-refractivity contribution in [1.82, 2.24) is 19.6 Å². The van der Waals surface area contributed by atoms with Crippen LogP contribution in [0.4, 0.5) is 0 Å². The molecule has 0 amide bonds. The summed E-state index contributed by atoms with van der Waals surface area (Å²) in [4.78, 5) is 4.29. The Hall–Kier alpha value is -5.23. The van der Waals surface area contributed by atoms with E-state index >= 15 is 0 Å². The third-order valence-corrected chi connectivity index (χ3v) is 6.87. The van der Waals surface area contributed by atoms with E-state index in [2.05, 4.69) is 62.9 Å². The third kappa shape index (κ3) is 4.12. The molecule has 0 bridgehead atoms. The molecule has 7 rings (SSSR count). The van der Waals surface area contributed by atoms with Gasteiger partial charge < -0.3 is 9.47 Å². The Kier molecular flexibility index (Phi) is 5.44. The zero-order valence-electron chi connectivity index (χ0n) is 21.5. The summed E-state index contributed by atoms with van der Waals surface area (Å²) < 4.78 is 14.4. The highest BCUT2D eigenvalue weighted by Gasteiger charge is 2.17. The van der Waals surface area contributed by atoms with Crippen molar-refractivity contribution in [1.29, 1.82) is 0 Å². The Morgan fingerprint density at radius 3 is 2.28 bits per heavy atom. The highest BCUT2D eigenvalue weighted by molar-refractivity contribution is 6.12. The quantitative estimate of drug-likeness (QED) is 0.219. The van der Waals surface area contributed by atoms with Gasteiger partial charge in [0.2, 0.25) is 5.88 Å². The maximum atomic E-state index is 6.30. The van der Waals surface area contributed by atoms with Crippen LogP contribution in [0.3, 0.4) is 0 Å². The molecule has 188 valence electrons. The average Bonchev–Trinajstić information content (AvgIpc) is 3.39. The molecule has 6 nitrogen and oxygen atoms in total. The van der Waals surface area contributed by atoms with Crippen LogP contribution in [-0.2, 0) is 0 Å². The van der Waals surface area contributed by atoms with Gasteiger partial charge in [0.15, 0.2) is 11.5 Å². The minimum Gasteiger partial charge on any atom is -0.457 e. The Balaban J connectivity index is 1.33. The molecule has 3 heterocycles. The maximum absolute atomic E-state index is 6.30. The van der Waals surface area contributed by atoms with Crippen molar-refractivity contribution >= 4 is 27.3 Å². The van der Waals surface area contributed by atoms with E-state index in [1.165, 1.54) is 0 Å². The Morgan fingerprint density at radius 1 is 0.615 bits per heavy atom. The van der Waals surface area contributed by atoms with Gasteiger partial charge >= 0.3 is 0 Å².